The van der Waals surface area contributed by atoms with E-state index < -0.39 is 0 Å². The van der Waals surface area contributed by atoms with Gasteiger partial charge in [0, 0.05) is 86.4 Å². The fourth-order valence-electron chi connectivity index (χ4n) is 14.1. The monoisotopic (exact) mass is 1210 g/mol. The maximum atomic E-state index is 6.55. The highest BCUT2D eigenvalue weighted by Gasteiger charge is 2.40. The van der Waals surface area contributed by atoms with Gasteiger partial charge in [0.2, 0.25) is 0 Å². The molecule has 0 aliphatic heterocycles. The predicted octanol–water partition coefficient (Wildman–Crippen LogP) is 14.8. The summed E-state index contributed by atoms with van der Waals surface area (Å²) in [5.74, 6) is 11.2. The number of hydrogen-bond donors (Lipinski definition) is 6. The van der Waals surface area contributed by atoms with Crippen LogP contribution in [0.1, 0.15) is 124 Å². The Hall–Kier alpha value is -8.29. The molecule has 3 aliphatic carbocycles. The lowest BCUT2D eigenvalue weighted by Crippen LogP contribution is -2.22. The first-order valence-electron chi connectivity index (χ1n) is 30.9. The second-order valence-corrected chi connectivity index (χ2v) is 24.0. The fraction of sp³-hybridized carbons (Fsp3) is 0.391. The van der Waals surface area contributed by atoms with Crippen molar-refractivity contribution in [2.24, 2.45) is 34.6 Å². The molecule has 18 nitrogen and oxygen atoms in total. The van der Waals surface area contributed by atoms with E-state index in [4.69, 9.17) is 45.9 Å². The van der Waals surface area contributed by atoms with Gasteiger partial charge in [-0.15, -0.1) is 0 Å². The number of aromatic amines is 5. The molecule has 8 aromatic heterocycles. The topological polar surface area (TPSA) is 237 Å². The number of benzene rings is 3. The number of ether oxygens (including phenoxy) is 6. The van der Waals surface area contributed by atoms with Gasteiger partial charge >= 0.3 is 0 Å². The first kappa shape index (κ1) is 60.0. The van der Waals surface area contributed by atoms with E-state index in [-0.39, 0.29) is 24.2 Å². The van der Waals surface area contributed by atoms with Crippen LogP contribution in [-0.2, 0) is 34.0 Å². The van der Waals surface area contributed by atoms with Crippen molar-refractivity contribution in [3.05, 3.63) is 167 Å². The number of rotatable bonds is 19. The molecule has 11 aromatic rings. The highest BCUT2D eigenvalue weighted by atomic mass is 35.5. The smallest absolute Gasteiger partial charge is 0.159 e. The summed E-state index contributed by atoms with van der Waals surface area (Å²) in [6.07, 6.45) is 21.0. The summed E-state index contributed by atoms with van der Waals surface area (Å²) in [4.78, 5) is 25.1. The summed E-state index contributed by atoms with van der Waals surface area (Å²) in [6.45, 7) is 8.61. The third kappa shape index (κ3) is 12.7. The molecule has 19 heteroatoms. The zero-order valence-corrected chi connectivity index (χ0v) is 51.6. The van der Waals surface area contributed by atoms with Crippen LogP contribution < -0.4 is 20.1 Å². The molecule has 458 valence electrons. The average molecular weight is 1210 g/mol. The molecule has 3 aliphatic rings. The fourth-order valence-corrected chi connectivity index (χ4v) is 14.3. The number of hydrogen-bond acceptors (Lipinski definition) is 13. The molecule has 9 atom stereocenters. The van der Waals surface area contributed by atoms with Crippen LogP contribution in [0.2, 0.25) is 5.02 Å². The molecular weight excluding hydrogens is 1130 g/mol. The zero-order chi connectivity index (χ0) is 60.7. The Morgan fingerprint density at radius 2 is 0.955 bits per heavy atom. The molecule has 0 spiro atoms. The first-order chi connectivity index (χ1) is 43.2. The summed E-state index contributed by atoms with van der Waals surface area (Å²) in [7, 11) is 5.04. The van der Waals surface area contributed by atoms with Crippen LogP contribution in [0.15, 0.2) is 133 Å². The summed E-state index contributed by atoms with van der Waals surface area (Å²) in [5.41, 5.74) is 12.2. The van der Waals surface area contributed by atoms with Crippen molar-refractivity contribution >= 4 is 72.2 Å². The number of nitrogens with one attached hydrogen (secondary N) is 5. The molecule has 14 rings (SSSR count). The van der Waals surface area contributed by atoms with Crippen LogP contribution in [-0.4, -0.2) is 95.7 Å². The Morgan fingerprint density at radius 1 is 0.511 bits per heavy atom. The van der Waals surface area contributed by atoms with Gasteiger partial charge in [-0.05, 0) is 128 Å². The van der Waals surface area contributed by atoms with Crippen LogP contribution in [0.3, 0.4) is 0 Å². The van der Waals surface area contributed by atoms with Crippen molar-refractivity contribution < 1.29 is 28.4 Å². The molecular formula is C69H79ClN12O6. The second kappa shape index (κ2) is 27.4. The zero-order valence-electron chi connectivity index (χ0n) is 50.9. The molecule has 0 amide bonds. The van der Waals surface area contributed by atoms with E-state index in [2.05, 4.69) is 113 Å². The number of pyridine rings is 3. The summed E-state index contributed by atoms with van der Waals surface area (Å²) >= 11 is 6.55. The van der Waals surface area contributed by atoms with Gasteiger partial charge in [-0.1, -0.05) is 88.0 Å². The number of methoxy groups -OCH3 is 3. The van der Waals surface area contributed by atoms with Crippen LogP contribution in [0, 0.1) is 23.7 Å². The summed E-state index contributed by atoms with van der Waals surface area (Å²) < 4.78 is 34.6. The van der Waals surface area contributed by atoms with Gasteiger partial charge in [0.05, 0.1) is 93.6 Å². The van der Waals surface area contributed by atoms with Gasteiger partial charge in [-0.2, -0.15) is 5.10 Å². The Labute approximate surface area is 517 Å². The molecule has 0 radical (unpaired) electrons. The molecule has 3 unspecified atom stereocenters. The lowest BCUT2D eigenvalue weighted by molar-refractivity contribution is 0.0421. The van der Waals surface area contributed by atoms with Crippen molar-refractivity contribution in [1.82, 2.24) is 50.3 Å². The number of fused-ring (bicyclic) bond motifs is 7. The van der Waals surface area contributed by atoms with Gasteiger partial charge in [0.15, 0.2) is 11.3 Å². The van der Waals surface area contributed by atoms with E-state index in [1.807, 2.05) is 85.6 Å². The third-order valence-electron chi connectivity index (χ3n) is 18.8. The number of halogens is 1. The van der Waals surface area contributed by atoms with Crippen LogP contribution in [0.5, 0.6) is 17.2 Å². The Morgan fingerprint density at radius 3 is 1.39 bits per heavy atom. The van der Waals surface area contributed by atoms with Gasteiger partial charge in [0.1, 0.15) is 22.9 Å². The molecule has 0 saturated heterocycles. The highest BCUT2D eigenvalue weighted by Crippen LogP contribution is 2.47. The predicted molar refractivity (Wildman–Crippen MR) is 346 cm³/mol. The SMILES string of the molecule is CCC1CC(OCc2ccc(OC)cc2)CC1/C(=N/N)c1c(Cl)cnc2[nH]ccc12.CC[C@@H]1C[C@H](OCc2ccc(OC)cc2)C[C@H]1c1[nH][nH]c2cnc3nccc3c12.CC[C@H]1C[C@@H](OCc2ccc(OC)cc2)C[C@@H]1c1[nH][nH]c2cnc3nccc3c12. The minimum absolute atomic E-state index is 0.154. The van der Waals surface area contributed by atoms with E-state index in [0.29, 0.717) is 54.4 Å². The molecule has 3 fully saturated rings. The van der Waals surface area contributed by atoms with Gasteiger partial charge in [-0.25, -0.2) is 24.9 Å². The van der Waals surface area contributed by atoms with Crippen molar-refractivity contribution in [2.45, 2.75) is 129 Å². The van der Waals surface area contributed by atoms with Gasteiger partial charge < -0.3 is 49.4 Å². The lowest BCUT2D eigenvalue weighted by Gasteiger charge is -2.20. The third-order valence-corrected chi connectivity index (χ3v) is 19.0. The normalized spacial score (nSPS) is 21.9. The Bertz CT molecular complexity index is 3920. The maximum Gasteiger partial charge on any atom is 0.159 e. The van der Waals surface area contributed by atoms with E-state index in [9.17, 15) is 0 Å². The van der Waals surface area contributed by atoms with E-state index in [1.54, 1.807) is 27.5 Å². The van der Waals surface area contributed by atoms with Gasteiger partial charge in [0.25, 0.3) is 0 Å². The molecule has 8 heterocycles. The van der Waals surface area contributed by atoms with E-state index >= 15 is 0 Å². The van der Waals surface area contributed by atoms with Crippen molar-refractivity contribution in [2.75, 3.05) is 21.3 Å². The van der Waals surface area contributed by atoms with E-state index in [1.165, 1.54) is 33.3 Å². The summed E-state index contributed by atoms with van der Waals surface area (Å²) in [5, 5.41) is 23.9. The molecule has 3 aromatic carbocycles. The standard InChI is InChI=1S/C23H27ClN4O2.2C23H26N4O2/c1-3-15-10-17(30-13-14-4-6-16(29-2)7-5-14)11-19(15)22(28-25)21-18-8-9-26-23(18)27-12-20(21)24;2*1-3-15-10-17(29-13-14-4-6-16(28-2)7-5-14)11-19(15)22-21-18-8-9-24-23(18)25-12-20(21)26-27-22/h4-9,12,15,17,19H,3,10-11,13,25H2,1-2H3,(H,26,27);2*4-9,12,15,17,19,26-27H,3,10-11,13H2,1-2H3/b28-22-;;/t;2*15-,17+,19-/m.10/s1. The van der Waals surface area contributed by atoms with Crippen molar-refractivity contribution in [3.63, 3.8) is 0 Å². The lowest BCUT2D eigenvalue weighted by atomic mass is 9.85. The first-order valence-corrected chi connectivity index (χ1v) is 31.3. The number of nitrogens with zero attached hydrogens (tertiary/aromatic N) is 6. The Kier molecular flexibility index (Phi) is 18.7. The largest absolute Gasteiger partial charge is 0.497 e. The summed E-state index contributed by atoms with van der Waals surface area (Å²) in [6, 6.07) is 30.3. The van der Waals surface area contributed by atoms with Crippen molar-refractivity contribution in [3.8, 4) is 17.2 Å². The van der Waals surface area contributed by atoms with Crippen LogP contribution >= 0.6 is 11.6 Å². The minimum atomic E-state index is 0.154. The molecule has 3 saturated carbocycles. The van der Waals surface area contributed by atoms with Crippen LogP contribution in [0.4, 0.5) is 0 Å². The van der Waals surface area contributed by atoms with Crippen LogP contribution in [0.25, 0.3) is 54.9 Å². The Balaban J connectivity index is 0.000000129. The highest BCUT2D eigenvalue weighted by molar-refractivity contribution is 6.36. The minimum Gasteiger partial charge on any atom is -0.497 e. The van der Waals surface area contributed by atoms with E-state index in [0.717, 1.165) is 136 Å². The van der Waals surface area contributed by atoms with Gasteiger partial charge in [-0.3, -0.25) is 10.2 Å². The number of H-pyrrole nitrogens is 5. The molecule has 88 heavy (non-hydrogen) atoms. The number of hydrazone groups is 1. The second-order valence-electron chi connectivity index (χ2n) is 23.6. The quantitative estimate of drug-likeness (QED) is 0.0252. The number of nitrogens with two attached hydrogens (primary N) is 1. The maximum absolute atomic E-state index is 6.55. The molecule has 7 N–H and O–H groups in total. The molecule has 0 bridgehead atoms. The van der Waals surface area contributed by atoms with Crippen molar-refractivity contribution in [1.29, 1.82) is 0 Å². The number of aromatic nitrogens is 10. The average Bonchev–Trinajstić information content (AvgIpc) is 2.03.